The molecule has 2 heterocycles. The normalized spacial score (nSPS) is 37.0. The smallest absolute Gasteiger partial charge is 0.243 e. The average molecular weight is 302 g/mol. The molecule has 20 heavy (non-hydrogen) atoms. The Bertz CT molecular complexity index is 489. The first-order valence-electron chi connectivity index (χ1n) is 7.51. The van der Waals surface area contributed by atoms with E-state index in [0.717, 1.165) is 6.42 Å². The van der Waals surface area contributed by atoms with Crippen LogP contribution in [0.3, 0.4) is 0 Å². The van der Waals surface area contributed by atoms with Gasteiger partial charge >= 0.3 is 0 Å². The topological polar surface area (TPSA) is 66.5 Å². The summed E-state index contributed by atoms with van der Waals surface area (Å²) in [7, 11) is -3.01. The van der Waals surface area contributed by atoms with Crippen molar-refractivity contribution >= 4 is 15.7 Å². The van der Waals surface area contributed by atoms with Crippen LogP contribution in [0.2, 0.25) is 0 Å². The number of sulfone groups is 1. The Balaban J connectivity index is 2.22. The second-order valence-electron chi connectivity index (χ2n) is 6.61. The molecule has 0 aliphatic carbocycles. The fourth-order valence-electron chi connectivity index (χ4n) is 3.17. The number of amides is 1. The molecule has 3 unspecified atom stereocenters. The van der Waals surface area contributed by atoms with Gasteiger partial charge in [-0.3, -0.25) is 10.1 Å². The summed E-state index contributed by atoms with van der Waals surface area (Å²) in [6.45, 7) is 8.35. The summed E-state index contributed by atoms with van der Waals surface area (Å²) in [4.78, 5) is 14.4. The third-order valence-corrected chi connectivity index (χ3v) is 7.00. The van der Waals surface area contributed by atoms with Crippen LogP contribution in [0.5, 0.6) is 0 Å². The van der Waals surface area contributed by atoms with Gasteiger partial charge < -0.3 is 4.90 Å². The minimum atomic E-state index is -3.01. The summed E-state index contributed by atoms with van der Waals surface area (Å²) in [6.07, 6.45) is 2.05. The van der Waals surface area contributed by atoms with E-state index in [9.17, 15) is 13.2 Å². The molecular formula is C14H26N2O3S. The van der Waals surface area contributed by atoms with E-state index >= 15 is 0 Å². The summed E-state index contributed by atoms with van der Waals surface area (Å²) in [6, 6.07) is 0. The molecule has 5 nitrogen and oxygen atoms in total. The summed E-state index contributed by atoms with van der Waals surface area (Å²) < 4.78 is 24.0. The van der Waals surface area contributed by atoms with Crippen molar-refractivity contribution in [2.75, 3.05) is 12.3 Å². The molecule has 1 N–H and O–H groups in total. The van der Waals surface area contributed by atoms with Crippen molar-refractivity contribution in [2.45, 2.75) is 63.9 Å². The first-order chi connectivity index (χ1) is 9.21. The van der Waals surface area contributed by atoms with Crippen molar-refractivity contribution in [1.29, 1.82) is 0 Å². The predicted octanol–water partition coefficient (Wildman–Crippen LogP) is 1.15. The highest BCUT2D eigenvalue weighted by molar-refractivity contribution is 7.92. The van der Waals surface area contributed by atoms with E-state index in [1.165, 1.54) is 0 Å². The molecule has 0 aromatic rings. The van der Waals surface area contributed by atoms with Crippen LogP contribution in [0.1, 0.15) is 47.0 Å². The molecule has 0 aromatic carbocycles. The van der Waals surface area contributed by atoms with Crippen molar-refractivity contribution in [3.8, 4) is 0 Å². The van der Waals surface area contributed by atoms with Crippen LogP contribution in [0.25, 0.3) is 0 Å². The van der Waals surface area contributed by atoms with Crippen LogP contribution in [0, 0.1) is 5.92 Å². The maximum atomic E-state index is 12.6. The zero-order valence-electron chi connectivity index (χ0n) is 12.8. The maximum Gasteiger partial charge on any atom is 0.243 e. The van der Waals surface area contributed by atoms with Crippen LogP contribution in [0.15, 0.2) is 0 Å². The molecule has 6 heteroatoms. The molecule has 2 fully saturated rings. The van der Waals surface area contributed by atoms with Gasteiger partial charge in [-0.2, -0.15) is 0 Å². The van der Waals surface area contributed by atoms with Gasteiger partial charge in [0, 0.05) is 6.54 Å². The van der Waals surface area contributed by atoms with Crippen molar-refractivity contribution in [1.82, 2.24) is 10.2 Å². The van der Waals surface area contributed by atoms with Crippen LogP contribution >= 0.6 is 0 Å². The Kier molecular flexibility index (Phi) is 4.17. The Labute approximate surface area is 122 Å². The predicted molar refractivity (Wildman–Crippen MR) is 79.0 cm³/mol. The highest BCUT2D eigenvalue weighted by atomic mass is 32.2. The van der Waals surface area contributed by atoms with Crippen molar-refractivity contribution in [2.24, 2.45) is 5.92 Å². The Morgan fingerprint density at radius 1 is 1.45 bits per heavy atom. The first kappa shape index (κ1) is 15.8. The number of carbonyl (C=O) groups is 1. The number of nitrogens with one attached hydrogen (secondary N) is 1. The second-order valence-corrected chi connectivity index (χ2v) is 9.01. The van der Waals surface area contributed by atoms with Crippen molar-refractivity contribution < 1.29 is 13.2 Å². The highest BCUT2D eigenvalue weighted by Gasteiger charge is 2.49. The van der Waals surface area contributed by atoms with Gasteiger partial charge in [0.05, 0.1) is 22.7 Å². The number of carbonyl (C=O) groups excluding carboxylic acids is 1. The van der Waals surface area contributed by atoms with Crippen LogP contribution in [-0.4, -0.2) is 48.5 Å². The Morgan fingerprint density at radius 3 is 2.55 bits per heavy atom. The summed E-state index contributed by atoms with van der Waals surface area (Å²) in [5, 5.41) is 3.02. The van der Waals surface area contributed by atoms with E-state index < -0.39 is 15.4 Å². The quantitative estimate of drug-likeness (QED) is 0.846. The largest absolute Gasteiger partial charge is 0.324 e. The summed E-state index contributed by atoms with van der Waals surface area (Å²) in [5.41, 5.74) is -0.558. The minimum Gasteiger partial charge on any atom is -0.324 e. The lowest BCUT2D eigenvalue weighted by atomic mass is 9.99. The van der Waals surface area contributed by atoms with Gasteiger partial charge in [-0.25, -0.2) is 8.42 Å². The third-order valence-electron chi connectivity index (χ3n) is 4.74. The lowest BCUT2D eigenvalue weighted by Gasteiger charge is -2.29. The molecular weight excluding hydrogens is 276 g/mol. The van der Waals surface area contributed by atoms with E-state index in [2.05, 4.69) is 19.2 Å². The molecule has 0 saturated carbocycles. The van der Waals surface area contributed by atoms with E-state index in [1.54, 1.807) is 4.90 Å². The van der Waals surface area contributed by atoms with Gasteiger partial charge in [0.1, 0.15) is 0 Å². The fraction of sp³-hybridized carbons (Fsp3) is 0.929. The van der Waals surface area contributed by atoms with E-state index in [1.807, 2.05) is 13.8 Å². The minimum absolute atomic E-state index is 0.0424. The molecule has 0 bridgehead atoms. The average Bonchev–Trinajstić information content (AvgIpc) is 2.82. The number of hydrogen-bond acceptors (Lipinski definition) is 4. The molecule has 2 aliphatic rings. The zero-order chi connectivity index (χ0) is 15.1. The molecule has 2 aliphatic heterocycles. The molecule has 116 valence electrons. The standard InChI is InChI=1S/C14H26N2O3S/c1-5-14(4)13(17)16(12(15-14)10(2)3)9-11-7-6-8-20(11,18)19/h10-12,15H,5-9H2,1-4H3. The van der Waals surface area contributed by atoms with E-state index in [4.69, 9.17) is 0 Å². The molecule has 0 radical (unpaired) electrons. The van der Waals surface area contributed by atoms with Gasteiger partial charge in [-0.1, -0.05) is 20.8 Å². The molecule has 0 spiro atoms. The highest BCUT2D eigenvalue weighted by Crippen LogP contribution is 2.30. The number of hydrogen-bond donors (Lipinski definition) is 1. The van der Waals surface area contributed by atoms with Gasteiger partial charge in [0.15, 0.2) is 9.84 Å². The lowest BCUT2D eigenvalue weighted by molar-refractivity contribution is -0.133. The van der Waals surface area contributed by atoms with Crippen LogP contribution in [0.4, 0.5) is 0 Å². The van der Waals surface area contributed by atoms with Crippen LogP contribution in [-0.2, 0) is 14.6 Å². The molecule has 3 atom stereocenters. The summed E-state index contributed by atoms with van der Waals surface area (Å²) in [5.74, 6) is 0.571. The maximum absolute atomic E-state index is 12.6. The van der Waals surface area contributed by atoms with E-state index in [-0.39, 0.29) is 29.0 Å². The fourth-order valence-corrected chi connectivity index (χ4v) is 4.98. The second kappa shape index (κ2) is 5.30. The summed E-state index contributed by atoms with van der Waals surface area (Å²) >= 11 is 0. The van der Waals surface area contributed by atoms with E-state index in [0.29, 0.717) is 19.4 Å². The monoisotopic (exact) mass is 302 g/mol. The molecule has 1 amide bonds. The van der Waals surface area contributed by atoms with Gasteiger partial charge in [0.25, 0.3) is 0 Å². The first-order valence-corrected chi connectivity index (χ1v) is 9.23. The van der Waals surface area contributed by atoms with Gasteiger partial charge in [-0.15, -0.1) is 0 Å². The Morgan fingerprint density at radius 2 is 2.10 bits per heavy atom. The van der Waals surface area contributed by atoms with Gasteiger partial charge in [0.2, 0.25) is 5.91 Å². The van der Waals surface area contributed by atoms with Crippen molar-refractivity contribution in [3.05, 3.63) is 0 Å². The van der Waals surface area contributed by atoms with Crippen molar-refractivity contribution in [3.63, 3.8) is 0 Å². The van der Waals surface area contributed by atoms with Gasteiger partial charge in [-0.05, 0) is 32.1 Å². The molecule has 0 aromatic heterocycles. The SMILES string of the molecule is CCC1(C)NC(C(C)C)N(CC2CCCS2(=O)=O)C1=O. The molecule has 2 rings (SSSR count). The third kappa shape index (κ3) is 2.60. The van der Waals surface area contributed by atoms with Crippen LogP contribution < -0.4 is 5.32 Å². The number of nitrogens with zero attached hydrogens (tertiary/aromatic N) is 1. The Hall–Kier alpha value is -0.620. The lowest BCUT2D eigenvalue weighted by Crippen LogP contribution is -2.46. The molecule has 2 saturated heterocycles. The number of rotatable bonds is 4. The zero-order valence-corrected chi connectivity index (χ0v) is 13.7.